The van der Waals surface area contributed by atoms with Gasteiger partial charge in [-0.15, -0.1) is 0 Å². The van der Waals surface area contributed by atoms with Crippen molar-refractivity contribution >= 4 is 23.2 Å². The molecule has 1 fully saturated rings. The molecular weight excluding hydrogens is 424 g/mol. The Labute approximate surface area is 195 Å². The van der Waals surface area contributed by atoms with E-state index in [1.807, 2.05) is 55.5 Å². The summed E-state index contributed by atoms with van der Waals surface area (Å²) in [7, 11) is 0. The molecule has 2 aliphatic heterocycles. The summed E-state index contributed by atoms with van der Waals surface area (Å²) in [6.45, 7) is 10.0. The number of ether oxygens (including phenoxy) is 1. The van der Waals surface area contributed by atoms with Crippen molar-refractivity contribution in [2.45, 2.75) is 26.3 Å². The number of piperazine rings is 1. The molecule has 6 nitrogen and oxygen atoms in total. The van der Waals surface area contributed by atoms with Gasteiger partial charge in [0.15, 0.2) is 0 Å². The van der Waals surface area contributed by atoms with E-state index in [1.165, 1.54) is 0 Å². The third-order valence-corrected chi connectivity index (χ3v) is 6.53. The molecule has 2 aromatic carbocycles. The second-order valence-electron chi connectivity index (χ2n) is 8.20. The number of carbonyl (C=O) groups is 1. The molecule has 1 saturated heterocycles. The van der Waals surface area contributed by atoms with Crippen molar-refractivity contribution in [1.82, 2.24) is 14.8 Å². The Morgan fingerprint density at radius 1 is 1.03 bits per heavy atom. The van der Waals surface area contributed by atoms with Gasteiger partial charge in [-0.05, 0) is 37.2 Å². The highest BCUT2D eigenvalue weighted by molar-refractivity contribution is 6.34. The average molecular weight is 455 g/mol. The van der Waals surface area contributed by atoms with Crippen molar-refractivity contribution < 1.29 is 9.53 Å². The number of amides is 1. The maximum atomic E-state index is 13.4. The SMILES string of the molecule is CCOc1ccc(C2CC(c3ccccc3Cl)=NN2C(=O)CN2CCN(CC)CC2)cc1. The molecule has 0 radical (unpaired) electrons. The van der Waals surface area contributed by atoms with E-state index in [-0.39, 0.29) is 11.9 Å². The molecule has 0 spiro atoms. The molecule has 4 rings (SSSR count). The van der Waals surface area contributed by atoms with Crippen LogP contribution in [0.1, 0.15) is 37.4 Å². The van der Waals surface area contributed by atoms with Crippen LogP contribution in [0, 0.1) is 0 Å². The zero-order valence-corrected chi connectivity index (χ0v) is 19.6. The van der Waals surface area contributed by atoms with E-state index in [9.17, 15) is 4.79 Å². The lowest BCUT2D eigenvalue weighted by Gasteiger charge is -2.34. The Kier molecular flexibility index (Phi) is 7.45. The quantitative estimate of drug-likeness (QED) is 0.633. The molecule has 1 unspecified atom stereocenters. The molecule has 2 aromatic rings. The van der Waals surface area contributed by atoms with Crippen LogP contribution < -0.4 is 4.74 Å². The fourth-order valence-corrected chi connectivity index (χ4v) is 4.58. The number of benzene rings is 2. The summed E-state index contributed by atoms with van der Waals surface area (Å²) in [5.41, 5.74) is 2.78. The van der Waals surface area contributed by atoms with Gasteiger partial charge in [-0.2, -0.15) is 5.10 Å². The van der Waals surface area contributed by atoms with Crippen LogP contribution in [-0.2, 0) is 4.79 Å². The van der Waals surface area contributed by atoms with Crippen molar-refractivity contribution in [2.75, 3.05) is 45.9 Å². The summed E-state index contributed by atoms with van der Waals surface area (Å²) in [4.78, 5) is 18.0. The van der Waals surface area contributed by atoms with Crippen LogP contribution in [0.5, 0.6) is 5.75 Å². The largest absolute Gasteiger partial charge is 0.494 e. The monoisotopic (exact) mass is 454 g/mol. The van der Waals surface area contributed by atoms with Gasteiger partial charge in [0, 0.05) is 43.2 Å². The van der Waals surface area contributed by atoms with Gasteiger partial charge in [-0.25, -0.2) is 5.01 Å². The van der Waals surface area contributed by atoms with Crippen molar-refractivity contribution in [2.24, 2.45) is 5.10 Å². The van der Waals surface area contributed by atoms with Gasteiger partial charge in [0.1, 0.15) is 5.75 Å². The number of likely N-dealkylation sites (N-methyl/N-ethyl adjacent to an activating group) is 1. The van der Waals surface area contributed by atoms with Crippen LogP contribution >= 0.6 is 11.6 Å². The Hall–Kier alpha value is -2.41. The summed E-state index contributed by atoms with van der Waals surface area (Å²) in [5.74, 6) is 0.851. The first kappa shape index (κ1) is 22.8. The van der Waals surface area contributed by atoms with Gasteiger partial charge in [-0.1, -0.05) is 48.9 Å². The summed E-state index contributed by atoms with van der Waals surface area (Å²) < 4.78 is 5.59. The molecule has 32 heavy (non-hydrogen) atoms. The molecule has 1 atom stereocenters. The first-order valence-electron chi connectivity index (χ1n) is 11.4. The number of hydrogen-bond acceptors (Lipinski definition) is 5. The highest BCUT2D eigenvalue weighted by Crippen LogP contribution is 2.35. The minimum absolute atomic E-state index is 0.0240. The van der Waals surface area contributed by atoms with Crippen molar-refractivity contribution in [1.29, 1.82) is 0 Å². The molecule has 0 aliphatic carbocycles. The van der Waals surface area contributed by atoms with Crippen LogP contribution in [0.4, 0.5) is 0 Å². The molecule has 1 amide bonds. The van der Waals surface area contributed by atoms with E-state index in [0.717, 1.165) is 55.3 Å². The van der Waals surface area contributed by atoms with Gasteiger partial charge in [-0.3, -0.25) is 9.69 Å². The molecule has 0 bridgehead atoms. The lowest BCUT2D eigenvalue weighted by molar-refractivity contribution is -0.134. The lowest BCUT2D eigenvalue weighted by Crippen LogP contribution is -2.49. The average Bonchev–Trinajstić information content (AvgIpc) is 3.26. The van der Waals surface area contributed by atoms with Crippen molar-refractivity contribution in [3.63, 3.8) is 0 Å². The van der Waals surface area contributed by atoms with E-state index in [2.05, 4.69) is 16.7 Å². The van der Waals surface area contributed by atoms with Gasteiger partial charge < -0.3 is 9.64 Å². The Morgan fingerprint density at radius 3 is 2.38 bits per heavy atom. The lowest BCUT2D eigenvalue weighted by atomic mass is 9.98. The van der Waals surface area contributed by atoms with Crippen molar-refractivity contribution in [3.05, 3.63) is 64.7 Å². The first-order chi connectivity index (χ1) is 15.6. The number of carbonyl (C=O) groups excluding carboxylic acids is 1. The highest BCUT2D eigenvalue weighted by atomic mass is 35.5. The van der Waals surface area contributed by atoms with Crippen LogP contribution in [-0.4, -0.2) is 72.3 Å². The summed E-state index contributed by atoms with van der Waals surface area (Å²) in [6.07, 6.45) is 0.632. The predicted molar refractivity (Wildman–Crippen MR) is 128 cm³/mol. The number of hydrazone groups is 1. The van der Waals surface area contributed by atoms with Gasteiger partial charge >= 0.3 is 0 Å². The minimum Gasteiger partial charge on any atom is -0.494 e. The first-order valence-corrected chi connectivity index (χ1v) is 11.8. The Bertz CT molecular complexity index is 955. The van der Waals surface area contributed by atoms with Crippen LogP contribution in [0.15, 0.2) is 53.6 Å². The molecule has 0 saturated carbocycles. The minimum atomic E-state index is -0.151. The molecule has 7 heteroatoms. The molecular formula is C25H31ClN4O2. The third kappa shape index (κ3) is 5.14. The maximum absolute atomic E-state index is 13.4. The summed E-state index contributed by atoms with van der Waals surface area (Å²) in [5, 5.41) is 7.10. The maximum Gasteiger partial charge on any atom is 0.257 e. The molecule has 0 N–H and O–H groups in total. The summed E-state index contributed by atoms with van der Waals surface area (Å²) >= 11 is 6.45. The Morgan fingerprint density at radius 2 is 1.72 bits per heavy atom. The normalized spacial score (nSPS) is 19.8. The predicted octanol–water partition coefficient (Wildman–Crippen LogP) is 4.05. The standard InChI is InChI=1S/C25H31ClN4O2/c1-3-28-13-15-29(16-14-28)18-25(31)30-24(19-9-11-20(12-10-19)32-4-2)17-23(27-30)21-7-5-6-8-22(21)26/h5-12,24H,3-4,13-18H2,1-2H3. The number of halogens is 1. The van der Waals surface area contributed by atoms with Gasteiger partial charge in [0.2, 0.25) is 0 Å². The van der Waals surface area contributed by atoms with E-state index in [4.69, 9.17) is 21.4 Å². The zero-order chi connectivity index (χ0) is 22.5. The zero-order valence-electron chi connectivity index (χ0n) is 18.8. The smallest absolute Gasteiger partial charge is 0.257 e. The van der Waals surface area contributed by atoms with Crippen LogP contribution in [0.2, 0.25) is 5.02 Å². The fourth-order valence-electron chi connectivity index (χ4n) is 4.34. The van der Waals surface area contributed by atoms with E-state index in [0.29, 0.717) is 24.6 Å². The molecule has 0 aromatic heterocycles. The van der Waals surface area contributed by atoms with E-state index in [1.54, 1.807) is 5.01 Å². The molecule has 2 aliphatic rings. The molecule has 170 valence electrons. The summed E-state index contributed by atoms with van der Waals surface area (Å²) in [6, 6.07) is 15.5. The van der Waals surface area contributed by atoms with Crippen LogP contribution in [0.3, 0.4) is 0 Å². The second kappa shape index (κ2) is 10.5. The highest BCUT2D eigenvalue weighted by Gasteiger charge is 2.34. The van der Waals surface area contributed by atoms with Crippen LogP contribution in [0.25, 0.3) is 0 Å². The van der Waals surface area contributed by atoms with E-state index >= 15 is 0 Å². The number of rotatable bonds is 7. The third-order valence-electron chi connectivity index (χ3n) is 6.20. The fraction of sp³-hybridized carbons (Fsp3) is 0.440. The topological polar surface area (TPSA) is 48.4 Å². The number of nitrogens with zero attached hydrogens (tertiary/aromatic N) is 4. The van der Waals surface area contributed by atoms with E-state index < -0.39 is 0 Å². The van der Waals surface area contributed by atoms with Gasteiger partial charge in [0.25, 0.3) is 5.91 Å². The van der Waals surface area contributed by atoms with Crippen molar-refractivity contribution in [3.8, 4) is 5.75 Å². The number of hydrogen-bond donors (Lipinski definition) is 0. The van der Waals surface area contributed by atoms with Gasteiger partial charge in [0.05, 0.1) is 24.9 Å². The second-order valence-corrected chi connectivity index (χ2v) is 8.60. The Balaban J connectivity index is 1.55. The molecule has 2 heterocycles.